The van der Waals surface area contributed by atoms with Crippen molar-refractivity contribution in [3.8, 4) is 0 Å². The molecule has 118 valence electrons. The minimum absolute atomic E-state index is 0.510. The third-order valence-electron chi connectivity index (χ3n) is 6.48. The number of likely N-dealkylation sites (N-methyl/N-ethyl adjacent to an activating group) is 1. The lowest BCUT2D eigenvalue weighted by Crippen LogP contribution is -2.57. The van der Waals surface area contributed by atoms with E-state index in [1.807, 2.05) is 0 Å². The zero-order chi connectivity index (χ0) is 14.8. The Morgan fingerprint density at radius 2 is 1.90 bits per heavy atom. The van der Waals surface area contributed by atoms with Gasteiger partial charge in [-0.15, -0.1) is 0 Å². The highest BCUT2D eigenvalue weighted by atomic mass is 15.2. The first-order chi connectivity index (χ1) is 9.49. The number of nitrogens with zero attached hydrogens (tertiary/aromatic N) is 1. The van der Waals surface area contributed by atoms with E-state index in [0.29, 0.717) is 11.5 Å². The summed E-state index contributed by atoms with van der Waals surface area (Å²) in [6, 6.07) is 2.26. The Morgan fingerprint density at radius 1 is 1.15 bits per heavy atom. The predicted octanol–water partition coefficient (Wildman–Crippen LogP) is 4.05. The zero-order valence-electron chi connectivity index (χ0n) is 14.4. The molecule has 0 aromatic rings. The van der Waals surface area contributed by atoms with E-state index in [9.17, 15) is 0 Å². The van der Waals surface area contributed by atoms with Crippen molar-refractivity contribution in [1.29, 1.82) is 0 Å². The average molecular weight is 280 g/mol. The van der Waals surface area contributed by atoms with Crippen molar-refractivity contribution >= 4 is 0 Å². The molecule has 2 nitrogen and oxygen atoms in total. The number of nitrogens with one attached hydrogen (secondary N) is 1. The minimum atomic E-state index is 0.510. The van der Waals surface area contributed by atoms with Crippen molar-refractivity contribution in [2.45, 2.75) is 90.8 Å². The monoisotopic (exact) mass is 280 g/mol. The van der Waals surface area contributed by atoms with E-state index >= 15 is 0 Å². The van der Waals surface area contributed by atoms with Crippen LogP contribution in [0.5, 0.6) is 0 Å². The number of likely N-dealkylation sites (tertiary alicyclic amines) is 1. The summed E-state index contributed by atoms with van der Waals surface area (Å²) in [4.78, 5) is 2.84. The molecule has 2 heteroatoms. The standard InChI is InChI=1S/C18H36N2/c1-6-18(3,4)15-10-11-16(19-5)17(13-15)20-12-8-7-9-14(20)2/h14-17,19H,6-13H2,1-5H3. The van der Waals surface area contributed by atoms with Gasteiger partial charge in [0.1, 0.15) is 0 Å². The summed E-state index contributed by atoms with van der Waals surface area (Å²) >= 11 is 0. The lowest BCUT2D eigenvalue weighted by molar-refractivity contribution is 0.0179. The lowest BCUT2D eigenvalue weighted by atomic mass is 9.67. The van der Waals surface area contributed by atoms with Crippen LogP contribution in [0.4, 0.5) is 0 Å². The Labute approximate surface area is 126 Å². The topological polar surface area (TPSA) is 15.3 Å². The molecule has 4 unspecified atom stereocenters. The molecule has 1 heterocycles. The van der Waals surface area contributed by atoms with Crippen molar-refractivity contribution in [3.05, 3.63) is 0 Å². The van der Waals surface area contributed by atoms with E-state index in [0.717, 1.165) is 18.0 Å². The summed E-state index contributed by atoms with van der Waals surface area (Å²) in [7, 11) is 2.16. The van der Waals surface area contributed by atoms with Crippen LogP contribution in [0.15, 0.2) is 0 Å². The number of piperidine rings is 1. The molecule has 1 saturated carbocycles. The fourth-order valence-corrected chi connectivity index (χ4v) is 4.46. The fraction of sp³-hybridized carbons (Fsp3) is 1.00. The van der Waals surface area contributed by atoms with Crippen molar-refractivity contribution in [2.24, 2.45) is 11.3 Å². The largest absolute Gasteiger partial charge is 0.315 e. The van der Waals surface area contributed by atoms with E-state index < -0.39 is 0 Å². The Kier molecular flexibility index (Phi) is 5.53. The predicted molar refractivity (Wildman–Crippen MR) is 88.1 cm³/mol. The average Bonchev–Trinajstić information content (AvgIpc) is 2.47. The molecule has 2 aliphatic rings. The number of hydrogen-bond acceptors (Lipinski definition) is 2. The first-order valence-corrected chi connectivity index (χ1v) is 8.92. The van der Waals surface area contributed by atoms with Gasteiger partial charge in [-0.3, -0.25) is 4.90 Å². The van der Waals surface area contributed by atoms with Crippen LogP contribution in [0, 0.1) is 11.3 Å². The zero-order valence-corrected chi connectivity index (χ0v) is 14.4. The molecule has 2 fully saturated rings. The highest BCUT2D eigenvalue weighted by molar-refractivity contribution is 4.96. The summed E-state index contributed by atoms with van der Waals surface area (Å²) in [5.74, 6) is 0.899. The molecule has 0 aromatic carbocycles. The maximum absolute atomic E-state index is 3.62. The molecule has 1 saturated heterocycles. The molecule has 20 heavy (non-hydrogen) atoms. The van der Waals surface area contributed by atoms with Crippen molar-refractivity contribution in [2.75, 3.05) is 13.6 Å². The van der Waals surface area contributed by atoms with Crippen molar-refractivity contribution < 1.29 is 0 Å². The Bertz CT molecular complexity index is 300. The first-order valence-electron chi connectivity index (χ1n) is 8.92. The van der Waals surface area contributed by atoms with Crippen LogP contribution in [0.2, 0.25) is 0 Å². The maximum Gasteiger partial charge on any atom is 0.0254 e. The molecule has 0 amide bonds. The SMILES string of the molecule is CCC(C)(C)C1CCC(NC)C(N2CCCCC2C)C1. The number of rotatable bonds is 4. The normalized spacial score (nSPS) is 37.0. The molecule has 0 radical (unpaired) electrons. The van der Waals surface area contributed by atoms with Gasteiger partial charge in [-0.05, 0) is 64.0 Å². The Hall–Kier alpha value is -0.0800. The first kappa shape index (κ1) is 16.3. The molecule has 0 bridgehead atoms. The summed E-state index contributed by atoms with van der Waals surface area (Å²) < 4.78 is 0. The second-order valence-corrected chi connectivity index (χ2v) is 7.90. The van der Waals surface area contributed by atoms with Crippen LogP contribution in [-0.4, -0.2) is 36.6 Å². The summed E-state index contributed by atoms with van der Waals surface area (Å²) in [5, 5.41) is 3.62. The van der Waals surface area contributed by atoms with Gasteiger partial charge in [-0.2, -0.15) is 0 Å². The van der Waals surface area contributed by atoms with Crippen molar-refractivity contribution in [3.63, 3.8) is 0 Å². The molecule has 1 N–H and O–H groups in total. The van der Waals surface area contributed by atoms with Crippen LogP contribution in [0.3, 0.4) is 0 Å². The number of hydrogen-bond donors (Lipinski definition) is 1. The molecule has 0 spiro atoms. The summed E-state index contributed by atoms with van der Waals surface area (Å²) in [5.41, 5.74) is 0.510. The third-order valence-corrected chi connectivity index (χ3v) is 6.48. The van der Waals surface area contributed by atoms with Gasteiger partial charge < -0.3 is 5.32 Å². The smallest absolute Gasteiger partial charge is 0.0254 e. The van der Waals surface area contributed by atoms with Gasteiger partial charge in [0, 0.05) is 18.1 Å². The Morgan fingerprint density at radius 3 is 2.50 bits per heavy atom. The van der Waals surface area contributed by atoms with Gasteiger partial charge >= 0.3 is 0 Å². The molecule has 4 atom stereocenters. The van der Waals surface area contributed by atoms with E-state index in [4.69, 9.17) is 0 Å². The van der Waals surface area contributed by atoms with Crippen LogP contribution in [0.25, 0.3) is 0 Å². The Balaban J connectivity index is 2.09. The molecular formula is C18H36N2. The van der Waals surface area contributed by atoms with E-state index in [1.165, 1.54) is 51.5 Å². The molecular weight excluding hydrogens is 244 g/mol. The fourth-order valence-electron chi connectivity index (χ4n) is 4.46. The summed E-state index contributed by atoms with van der Waals surface area (Å²) in [6.45, 7) is 11.1. The summed E-state index contributed by atoms with van der Waals surface area (Å²) in [6.07, 6.45) is 9.71. The van der Waals surface area contributed by atoms with Gasteiger partial charge in [0.15, 0.2) is 0 Å². The molecule has 0 aromatic heterocycles. The van der Waals surface area contributed by atoms with E-state index in [-0.39, 0.29) is 0 Å². The van der Waals surface area contributed by atoms with Crippen LogP contribution < -0.4 is 5.32 Å². The lowest BCUT2D eigenvalue weighted by Gasteiger charge is -2.50. The van der Waals surface area contributed by atoms with E-state index in [2.05, 4.69) is 45.0 Å². The van der Waals surface area contributed by atoms with Crippen molar-refractivity contribution in [1.82, 2.24) is 10.2 Å². The third kappa shape index (κ3) is 3.39. The van der Waals surface area contributed by atoms with Crippen LogP contribution in [-0.2, 0) is 0 Å². The quantitative estimate of drug-likeness (QED) is 0.835. The van der Waals surface area contributed by atoms with Gasteiger partial charge in [0.25, 0.3) is 0 Å². The second-order valence-electron chi connectivity index (χ2n) is 7.90. The maximum atomic E-state index is 3.62. The van der Waals surface area contributed by atoms with Gasteiger partial charge in [-0.1, -0.05) is 33.6 Å². The van der Waals surface area contributed by atoms with Gasteiger partial charge in [0.05, 0.1) is 0 Å². The van der Waals surface area contributed by atoms with E-state index in [1.54, 1.807) is 0 Å². The highest BCUT2D eigenvalue weighted by Crippen LogP contribution is 2.42. The molecule has 1 aliphatic heterocycles. The minimum Gasteiger partial charge on any atom is -0.315 e. The van der Waals surface area contributed by atoms with Gasteiger partial charge in [0.2, 0.25) is 0 Å². The van der Waals surface area contributed by atoms with Gasteiger partial charge in [-0.25, -0.2) is 0 Å². The second kappa shape index (κ2) is 6.79. The molecule has 1 aliphatic carbocycles. The van der Waals surface area contributed by atoms with Crippen LogP contribution in [0.1, 0.15) is 72.6 Å². The highest BCUT2D eigenvalue weighted by Gasteiger charge is 2.40. The van der Waals surface area contributed by atoms with Crippen LogP contribution >= 0.6 is 0 Å². The molecule has 2 rings (SSSR count).